The summed E-state index contributed by atoms with van der Waals surface area (Å²) in [6.45, 7) is 6.72. The number of rotatable bonds is 5. The fourth-order valence-corrected chi connectivity index (χ4v) is 3.66. The number of carbonyl (C=O) groups is 1. The number of para-hydroxylation sites is 1. The first-order valence-corrected chi connectivity index (χ1v) is 9.70. The van der Waals surface area contributed by atoms with E-state index in [-0.39, 0.29) is 11.5 Å². The lowest BCUT2D eigenvalue weighted by Crippen LogP contribution is -2.50. The van der Waals surface area contributed by atoms with E-state index in [1.54, 1.807) is 23.1 Å². The summed E-state index contributed by atoms with van der Waals surface area (Å²) in [5.74, 6) is 0.846. The molecule has 1 amide bonds. The Hall–Kier alpha value is -2.93. The third kappa shape index (κ3) is 3.71. The minimum Gasteiger partial charge on any atom is -0.422 e. The molecule has 0 N–H and O–H groups in total. The van der Waals surface area contributed by atoms with Gasteiger partial charge >= 0.3 is 5.63 Å². The molecule has 1 aliphatic heterocycles. The zero-order valence-electron chi connectivity index (χ0n) is 16.0. The predicted molar refractivity (Wildman–Crippen MR) is 106 cm³/mol. The van der Waals surface area contributed by atoms with Gasteiger partial charge in [0.1, 0.15) is 17.0 Å². The highest BCUT2D eigenvalue weighted by molar-refractivity contribution is 5.96. The molecule has 0 aliphatic carbocycles. The van der Waals surface area contributed by atoms with Crippen LogP contribution in [-0.2, 0) is 13.0 Å². The Bertz CT molecular complexity index is 1030. The maximum Gasteiger partial charge on any atom is 0.349 e. The van der Waals surface area contributed by atoms with Gasteiger partial charge in [-0.1, -0.05) is 25.1 Å². The van der Waals surface area contributed by atoms with E-state index >= 15 is 0 Å². The monoisotopic (exact) mass is 380 g/mol. The van der Waals surface area contributed by atoms with Crippen LogP contribution in [0.5, 0.6) is 0 Å². The standard InChI is InChI=1S/C21H24N4O3/c1-2-19-22-7-8-24(19)12-9-23-10-13-25(14-11-23)20(26)17-15-16-5-3-4-6-18(16)28-21(17)27/h3-8,15H,2,9-14H2,1H3. The van der Waals surface area contributed by atoms with E-state index in [4.69, 9.17) is 4.42 Å². The second-order valence-electron chi connectivity index (χ2n) is 7.01. The van der Waals surface area contributed by atoms with E-state index in [9.17, 15) is 9.59 Å². The summed E-state index contributed by atoms with van der Waals surface area (Å²) < 4.78 is 7.48. The van der Waals surface area contributed by atoms with Crippen molar-refractivity contribution in [2.45, 2.75) is 19.9 Å². The molecule has 0 bridgehead atoms. The minimum atomic E-state index is -0.571. The van der Waals surface area contributed by atoms with E-state index in [1.165, 1.54) is 0 Å². The van der Waals surface area contributed by atoms with Crippen molar-refractivity contribution in [3.05, 3.63) is 64.5 Å². The van der Waals surface area contributed by atoms with Crippen molar-refractivity contribution in [2.75, 3.05) is 32.7 Å². The Labute approximate surface area is 163 Å². The van der Waals surface area contributed by atoms with Gasteiger partial charge in [-0.15, -0.1) is 0 Å². The topological polar surface area (TPSA) is 71.6 Å². The number of imidazole rings is 1. The number of piperazine rings is 1. The molecule has 3 aromatic rings. The molecule has 7 heteroatoms. The highest BCUT2D eigenvalue weighted by atomic mass is 16.4. The minimum absolute atomic E-state index is 0.109. The first-order chi connectivity index (χ1) is 13.7. The molecule has 28 heavy (non-hydrogen) atoms. The SMILES string of the molecule is CCc1nccn1CCN1CCN(C(=O)c2cc3ccccc3oc2=O)CC1. The summed E-state index contributed by atoms with van der Waals surface area (Å²) >= 11 is 0. The molecular formula is C21H24N4O3. The van der Waals surface area contributed by atoms with Crippen LogP contribution in [0.4, 0.5) is 0 Å². The van der Waals surface area contributed by atoms with Crippen molar-refractivity contribution in [3.63, 3.8) is 0 Å². The zero-order valence-corrected chi connectivity index (χ0v) is 16.0. The zero-order chi connectivity index (χ0) is 19.5. The van der Waals surface area contributed by atoms with Crippen LogP contribution in [0.2, 0.25) is 0 Å². The maximum atomic E-state index is 12.8. The Balaban J connectivity index is 1.38. The van der Waals surface area contributed by atoms with Crippen LogP contribution in [-0.4, -0.2) is 58.0 Å². The number of aryl methyl sites for hydroxylation is 1. The van der Waals surface area contributed by atoms with Crippen LogP contribution < -0.4 is 5.63 Å². The summed E-state index contributed by atoms with van der Waals surface area (Å²) in [7, 11) is 0. The molecule has 3 heterocycles. The van der Waals surface area contributed by atoms with E-state index in [1.807, 2.05) is 24.5 Å². The largest absolute Gasteiger partial charge is 0.422 e. The van der Waals surface area contributed by atoms with Gasteiger partial charge in [-0.25, -0.2) is 9.78 Å². The molecule has 0 radical (unpaired) electrons. The summed E-state index contributed by atoms with van der Waals surface area (Å²) in [6.07, 6.45) is 4.77. The molecule has 1 fully saturated rings. The molecule has 1 aromatic carbocycles. The van der Waals surface area contributed by atoms with Crippen molar-refractivity contribution in [1.29, 1.82) is 0 Å². The lowest BCUT2D eigenvalue weighted by molar-refractivity contribution is 0.0629. The van der Waals surface area contributed by atoms with Crippen LogP contribution >= 0.6 is 0 Å². The van der Waals surface area contributed by atoms with Crippen molar-refractivity contribution in [1.82, 2.24) is 19.4 Å². The third-order valence-electron chi connectivity index (χ3n) is 5.31. The molecule has 1 aliphatic rings. The van der Waals surface area contributed by atoms with Crippen LogP contribution in [0.1, 0.15) is 23.1 Å². The van der Waals surface area contributed by atoms with Crippen LogP contribution in [0.15, 0.2) is 51.9 Å². The van der Waals surface area contributed by atoms with Gasteiger partial charge < -0.3 is 13.9 Å². The molecule has 146 valence electrons. The quantitative estimate of drug-likeness (QED) is 0.633. The Morgan fingerprint density at radius 2 is 1.93 bits per heavy atom. The second kappa shape index (κ2) is 7.98. The summed E-state index contributed by atoms with van der Waals surface area (Å²) in [5.41, 5.74) is 0.0382. The summed E-state index contributed by atoms with van der Waals surface area (Å²) in [4.78, 5) is 33.5. The van der Waals surface area contributed by atoms with E-state index < -0.39 is 5.63 Å². The molecule has 0 spiro atoms. The number of fused-ring (bicyclic) bond motifs is 1. The molecule has 4 rings (SSSR count). The lowest BCUT2D eigenvalue weighted by Gasteiger charge is -2.34. The van der Waals surface area contributed by atoms with E-state index in [0.29, 0.717) is 18.7 Å². The smallest absolute Gasteiger partial charge is 0.349 e. The average molecular weight is 380 g/mol. The predicted octanol–water partition coefficient (Wildman–Crippen LogP) is 2.01. The molecule has 0 saturated carbocycles. The molecule has 0 unspecified atom stereocenters. The highest BCUT2D eigenvalue weighted by Gasteiger charge is 2.24. The number of carbonyl (C=O) groups excluding carboxylic acids is 1. The summed E-state index contributed by atoms with van der Waals surface area (Å²) in [6, 6.07) is 8.88. The first kappa shape index (κ1) is 18.4. The Morgan fingerprint density at radius 3 is 2.71 bits per heavy atom. The Morgan fingerprint density at radius 1 is 1.14 bits per heavy atom. The molecular weight excluding hydrogens is 356 g/mol. The summed E-state index contributed by atoms with van der Waals surface area (Å²) in [5, 5.41) is 0.760. The first-order valence-electron chi connectivity index (χ1n) is 9.70. The second-order valence-corrected chi connectivity index (χ2v) is 7.01. The van der Waals surface area contributed by atoms with E-state index in [0.717, 1.165) is 43.8 Å². The van der Waals surface area contributed by atoms with Gasteiger partial charge in [0, 0.05) is 63.5 Å². The van der Waals surface area contributed by atoms with Crippen molar-refractivity contribution < 1.29 is 9.21 Å². The van der Waals surface area contributed by atoms with Crippen LogP contribution in [0.25, 0.3) is 11.0 Å². The average Bonchev–Trinajstić information content (AvgIpc) is 3.19. The van der Waals surface area contributed by atoms with Crippen LogP contribution in [0, 0.1) is 0 Å². The normalized spacial score (nSPS) is 15.2. The fraction of sp³-hybridized carbons (Fsp3) is 0.381. The Kier molecular flexibility index (Phi) is 5.25. The van der Waals surface area contributed by atoms with Crippen molar-refractivity contribution in [2.24, 2.45) is 0 Å². The molecule has 2 aromatic heterocycles. The molecule has 7 nitrogen and oxygen atoms in total. The van der Waals surface area contributed by atoms with Gasteiger partial charge in [-0.2, -0.15) is 0 Å². The maximum absolute atomic E-state index is 12.8. The fourth-order valence-electron chi connectivity index (χ4n) is 3.66. The number of hydrogen-bond donors (Lipinski definition) is 0. The van der Waals surface area contributed by atoms with E-state index in [2.05, 4.69) is 21.4 Å². The van der Waals surface area contributed by atoms with Crippen LogP contribution in [0.3, 0.4) is 0 Å². The van der Waals surface area contributed by atoms with Crippen molar-refractivity contribution in [3.8, 4) is 0 Å². The van der Waals surface area contributed by atoms with Gasteiger partial charge in [0.05, 0.1) is 0 Å². The third-order valence-corrected chi connectivity index (χ3v) is 5.31. The van der Waals surface area contributed by atoms with Gasteiger partial charge in [0.2, 0.25) is 0 Å². The van der Waals surface area contributed by atoms with Gasteiger partial charge in [-0.05, 0) is 12.1 Å². The van der Waals surface area contributed by atoms with Gasteiger partial charge in [0.25, 0.3) is 5.91 Å². The van der Waals surface area contributed by atoms with Gasteiger partial charge in [-0.3, -0.25) is 9.69 Å². The number of amides is 1. The number of aromatic nitrogens is 2. The molecule has 0 atom stereocenters. The molecule has 1 saturated heterocycles. The number of nitrogens with zero attached hydrogens (tertiary/aromatic N) is 4. The number of hydrogen-bond acceptors (Lipinski definition) is 5. The lowest BCUT2D eigenvalue weighted by atomic mass is 10.1. The van der Waals surface area contributed by atoms with Gasteiger partial charge in [0.15, 0.2) is 0 Å². The highest BCUT2D eigenvalue weighted by Crippen LogP contribution is 2.14. The van der Waals surface area contributed by atoms with Crippen molar-refractivity contribution >= 4 is 16.9 Å². The number of benzene rings is 1.